The van der Waals surface area contributed by atoms with Crippen LogP contribution < -0.4 is 11.5 Å². The molecule has 0 saturated carbocycles. The summed E-state index contributed by atoms with van der Waals surface area (Å²) in [6.45, 7) is 0.280. The van der Waals surface area contributed by atoms with Gasteiger partial charge < -0.3 is 11.5 Å². The fourth-order valence-electron chi connectivity index (χ4n) is 0.802. The molecule has 0 fully saturated rings. The number of nitrogens with two attached hydrogens (primary N) is 2. The van der Waals surface area contributed by atoms with Crippen molar-refractivity contribution in [3.05, 3.63) is 23.5 Å². The van der Waals surface area contributed by atoms with Crippen LogP contribution in [0.1, 0.15) is 0 Å². The highest BCUT2D eigenvalue weighted by molar-refractivity contribution is 5.95. The van der Waals surface area contributed by atoms with Crippen molar-refractivity contribution in [2.24, 2.45) is 11.5 Å². The number of amides is 1. The third kappa shape index (κ3) is 1.32. The van der Waals surface area contributed by atoms with E-state index < -0.39 is 5.91 Å². The summed E-state index contributed by atoms with van der Waals surface area (Å²) >= 11 is 0. The van der Waals surface area contributed by atoms with Gasteiger partial charge in [0.25, 0.3) is 5.91 Å². The second kappa shape index (κ2) is 2.63. The van der Waals surface area contributed by atoms with Crippen LogP contribution in [-0.2, 0) is 4.79 Å². The topological polar surface area (TPSA) is 92.6 Å². The lowest BCUT2D eigenvalue weighted by Gasteiger charge is -2.19. The van der Waals surface area contributed by atoms with E-state index in [0.717, 1.165) is 5.06 Å². The predicted octanol–water partition coefficient (Wildman–Crippen LogP) is -1.10. The van der Waals surface area contributed by atoms with E-state index in [9.17, 15) is 4.79 Å². The predicted molar refractivity (Wildman–Crippen MR) is 38.0 cm³/mol. The fraction of sp³-hybridized carbons (Fsp3) is 0.167. The van der Waals surface area contributed by atoms with E-state index in [-0.39, 0.29) is 17.9 Å². The molecule has 1 heterocycles. The molecule has 1 amide bonds. The fourth-order valence-corrected chi connectivity index (χ4v) is 0.802. The molecule has 0 unspecified atom stereocenters. The van der Waals surface area contributed by atoms with Gasteiger partial charge in [-0.15, -0.1) is 0 Å². The number of hydrogen-bond acceptors (Lipinski definition) is 4. The molecule has 5 N–H and O–H groups in total. The largest absolute Gasteiger partial charge is 0.383 e. The molecule has 11 heavy (non-hydrogen) atoms. The van der Waals surface area contributed by atoms with Crippen molar-refractivity contribution < 1.29 is 10.0 Å². The van der Waals surface area contributed by atoms with Crippen LogP contribution in [0.4, 0.5) is 0 Å². The summed E-state index contributed by atoms with van der Waals surface area (Å²) in [6, 6.07) is 0. The number of rotatable bonds is 1. The van der Waals surface area contributed by atoms with Gasteiger partial charge in [-0.2, -0.15) is 0 Å². The van der Waals surface area contributed by atoms with Crippen LogP contribution in [0.15, 0.2) is 23.5 Å². The van der Waals surface area contributed by atoms with Gasteiger partial charge in [0, 0.05) is 0 Å². The van der Waals surface area contributed by atoms with Gasteiger partial charge in [-0.1, -0.05) is 6.08 Å². The second-order valence-electron chi connectivity index (χ2n) is 2.15. The normalized spacial score (nSPS) is 17.4. The Balaban J connectivity index is 2.98. The minimum atomic E-state index is -0.641. The van der Waals surface area contributed by atoms with E-state index in [1.165, 1.54) is 6.08 Å². The summed E-state index contributed by atoms with van der Waals surface area (Å²) in [6.07, 6.45) is 3.08. The zero-order chi connectivity index (χ0) is 8.43. The summed E-state index contributed by atoms with van der Waals surface area (Å²) < 4.78 is 0. The van der Waals surface area contributed by atoms with Gasteiger partial charge in [0.15, 0.2) is 0 Å². The average Bonchev–Trinajstić information content (AvgIpc) is 1.94. The minimum Gasteiger partial charge on any atom is -0.383 e. The van der Waals surface area contributed by atoms with Gasteiger partial charge in [-0.3, -0.25) is 10.0 Å². The molecule has 1 rings (SSSR count). The van der Waals surface area contributed by atoms with E-state index in [1.54, 1.807) is 6.08 Å². The smallest absolute Gasteiger partial charge is 0.252 e. The van der Waals surface area contributed by atoms with Gasteiger partial charge in [-0.05, 0) is 6.08 Å². The Labute approximate surface area is 63.5 Å². The average molecular weight is 155 g/mol. The van der Waals surface area contributed by atoms with Gasteiger partial charge in [0.2, 0.25) is 0 Å². The first-order valence-electron chi connectivity index (χ1n) is 3.05. The molecule has 5 heteroatoms. The summed E-state index contributed by atoms with van der Waals surface area (Å²) in [5.41, 5.74) is 10.4. The Hall–Kier alpha value is -1.49. The van der Waals surface area contributed by atoms with Crippen LogP contribution in [0, 0.1) is 0 Å². The number of hydrogen-bond donors (Lipinski definition) is 3. The molecular weight excluding hydrogens is 146 g/mol. The van der Waals surface area contributed by atoms with Crippen LogP contribution >= 0.6 is 0 Å². The van der Waals surface area contributed by atoms with E-state index in [1.807, 2.05) is 0 Å². The van der Waals surface area contributed by atoms with Crippen molar-refractivity contribution in [1.29, 1.82) is 0 Å². The molecule has 0 spiro atoms. The van der Waals surface area contributed by atoms with E-state index in [2.05, 4.69) is 0 Å². The molecule has 0 bridgehead atoms. The van der Waals surface area contributed by atoms with E-state index >= 15 is 0 Å². The molecular formula is C6H9N3O2. The number of carbonyl (C=O) groups is 1. The van der Waals surface area contributed by atoms with Gasteiger partial charge in [-0.25, -0.2) is 5.06 Å². The third-order valence-corrected chi connectivity index (χ3v) is 1.38. The van der Waals surface area contributed by atoms with Crippen molar-refractivity contribution >= 4 is 5.91 Å². The molecule has 0 aromatic rings. The highest BCUT2D eigenvalue weighted by Gasteiger charge is 2.14. The Morgan fingerprint density at radius 3 is 2.82 bits per heavy atom. The van der Waals surface area contributed by atoms with E-state index in [4.69, 9.17) is 16.7 Å². The lowest BCUT2D eigenvalue weighted by atomic mass is 10.2. The molecule has 0 saturated heterocycles. The lowest BCUT2D eigenvalue weighted by Crippen LogP contribution is -2.31. The van der Waals surface area contributed by atoms with Gasteiger partial charge in [0.1, 0.15) is 5.82 Å². The minimum absolute atomic E-state index is 0.000000000000000444. The molecule has 1 aliphatic heterocycles. The van der Waals surface area contributed by atoms with Crippen LogP contribution in [-0.4, -0.2) is 22.7 Å². The van der Waals surface area contributed by atoms with Crippen molar-refractivity contribution in [2.45, 2.75) is 0 Å². The number of nitrogens with zero attached hydrogens (tertiary/aromatic N) is 1. The first-order valence-corrected chi connectivity index (χ1v) is 3.05. The zero-order valence-electron chi connectivity index (χ0n) is 5.82. The first kappa shape index (κ1) is 7.62. The molecule has 60 valence electrons. The second-order valence-corrected chi connectivity index (χ2v) is 2.15. The summed E-state index contributed by atoms with van der Waals surface area (Å²) in [5.74, 6) is -0.641. The van der Waals surface area contributed by atoms with Crippen LogP contribution in [0.2, 0.25) is 0 Å². The van der Waals surface area contributed by atoms with Crippen molar-refractivity contribution in [1.82, 2.24) is 5.06 Å². The molecule has 0 atom stereocenters. The molecule has 0 radical (unpaired) electrons. The van der Waals surface area contributed by atoms with Crippen molar-refractivity contribution in [3.8, 4) is 0 Å². The zero-order valence-corrected chi connectivity index (χ0v) is 5.82. The van der Waals surface area contributed by atoms with E-state index in [0.29, 0.717) is 0 Å². The Bertz CT molecular complexity index is 244. The first-order chi connectivity index (χ1) is 5.13. The van der Waals surface area contributed by atoms with Crippen molar-refractivity contribution in [3.63, 3.8) is 0 Å². The number of primary amides is 1. The maximum atomic E-state index is 10.6. The quantitative estimate of drug-likeness (QED) is 0.448. The highest BCUT2D eigenvalue weighted by atomic mass is 16.5. The number of hydroxylamine groups is 2. The SMILES string of the molecule is NC(=O)C1=C(N)N(O)CC=C1. The Morgan fingerprint density at radius 2 is 2.36 bits per heavy atom. The van der Waals surface area contributed by atoms with Gasteiger partial charge >= 0.3 is 0 Å². The third-order valence-electron chi connectivity index (χ3n) is 1.38. The highest BCUT2D eigenvalue weighted by Crippen LogP contribution is 2.09. The Morgan fingerprint density at radius 1 is 1.73 bits per heavy atom. The number of carbonyl (C=O) groups excluding carboxylic acids is 1. The monoisotopic (exact) mass is 155 g/mol. The standard InChI is InChI=1S/C6H9N3O2/c7-5-4(6(8)10)2-1-3-9(5)11/h1-2,11H,3,7H2,(H2,8,10). The maximum absolute atomic E-state index is 10.6. The summed E-state index contributed by atoms with van der Waals surface area (Å²) in [5, 5.41) is 9.75. The van der Waals surface area contributed by atoms with Crippen LogP contribution in [0.25, 0.3) is 0 Å². The molecule has 1 aliphatic rings. The maximum Gasteiger partial charge on any atom is 0.252 e. The molecule has 0 aliphatic carbocycles. The molecule has 0 aromatic carbocycles. The summed E-state index contributed by atoms with van der Waals surface area (Å²) in [4.78, 5) is 10.6. The van der Waals surface area contributed by atoms with Gasteiger partial charge in [0.05, 0.1) is 12.1 Å². The van der Waals surface area contributed by atoms with Crippen molar-refractivity contribution in [2.75, 3.05) is 6.54 Å². The van der Waals surface area contributed by atoms with Crippen LogP contribution in [0.3, 0.4) is 0 Å². The molecule has 5 nitrogen and oxygen atoms in total. The van der Waals surface area contributed by atoms with Crippen LogP contribution in [0.5, 0.6) is 0 Å². The summed E-state index contributed by atoms with van der Waals surface area (Å²) in [7, 11) is 0. The Kier molecular flexibility index (Phi) is 1.82. The lowest BCUT2D eigenvalue weighted by molar-refractivity contribution is -0.115. The molecule has 0 aromatic heterocycles.